The van der Waals surface area contributed by atoms with Crippen LogP contribution in [-0.4, -0.2) is 23.8 Å². The van der Waals surface area contributed by atoms with Gasteiger partial charge in [0.15, 0.2) is 5.13 Å². The summed E-state index contributed by atoms with van der Waals surface area (Å²) in [7, 11) is 1.81. The van der Waals surface area contributed by atoms with E-state index in [0.717, 1.165) is 22.5 Å². The van der Waals surface area contributed by atoms with Crippen LogP contribution in [0.1, 0.15) is 39.7 Å². The number of likely N-dealkylation sites (N-methyl/N-ethyl adjacent to an activating group) is 1. The first-order chi connectivity index (χ1) is 11.7. The Kier molecular flexibility index (Phi) is 4.41. The Morgan fingerprint density at radius 3 is 2.76 bits per heavy atom. The van der Waals surface area contributed by atoms with Crippen molar-refractivity contribution in [3.05, 3.63) is 29.1 Å². The van der Waals surface area contributed by atoms with Gasteiger partial charge in [-0.1, -0.05) is 19.9 Å². The maximum atomic E-state index is 12.4. The van der Waals surface area contributed by atoms with E-state index in [-0.39, 0.29) is 11.8 Å². The smallest absolute Gasteiger partial charge is 0.236 e. The molecule has 0 fully saturated rings. The number of hydrogen-bond acceptors (Lipinski definition) is 4. The van der Waals surface area contributed by atoms with E-state index in [1.54, 1.807) is 11.9 Å². The standard InChI is InChI=1S/C19H23N3O2S/c1-11(2)8-16(23)21-18-20-14(10-25-18)12-6-7-15-13(9-12)19(3,4)17(24)22(15)5/h6-7,9-11H,8H2,1-5H3,(H,20,21,23). The summed E-state index contributed by atoms with van der Waals surface area (Å²) in [6.07, 6.45) is 0.483. The number of hydrogen-bond donors (Lipinski definition) is 1. The van der Waals surface area contributed by atoms with Crippen LogP contribution in [0.15, 0.2) is 23.6 Å². The highest BCUT2D eigenvalue weighted by molar-refractivity contribution is 7.14. The molecule has 0 aliphatic carbocycles. The summed E-state index contributed by atoms with van der Waals surface area (Å²) in [5, 5.41) is 5.39. The van der Waals surface area contributed by atoms with Crippen molar-refractivity contribution in [3.63, 3.8) is 0 Å². The van der Waals surface area contributed by atoms with Gasteiger partial charge in [0, 0.05) is 30.1 Å². The molecule has 1 aliphatic heterocycles. The fourth-order valence-electron chi connectivity index (χ4n) is 3.14. The van der Waals surface area contributed by atoms with Crippen molar-refractivity contribution in [2.24, 2.45) is 5.92 Å². The quantitative estimate of drug-likeness (QED) is 0.898. The van der Waals surface area contributed by atoms with Gasteiger partial charge in [0.05, 0.1) is 11.1 Å². The minimum atomic E-state index is -0.537. The molecule has 0 unspecified atom stereocenters. The second-order valence-electron chi connectivity index (χ2n) is 7.41. The minimum absolute atomic E-state index is 0.0155. The number of nitrogens with zero attached hydrogens (tertiary/aromatic N) is 2. The zero-order chi connectivity index (χ0) is 18.4. The van der Waals surface area contributed by atoms with E-state index in [1.165, 1.54) is 11.3 Å². The largest absolute Gasteiger partial charge is 0.314 e. The van der Waals surface area contributed by atoms with Gasteiger partial charge in [-0.05, 0) is 37.5 Å². The van der Waals surface area contributed by atoms with Gasteiger partial charge in [0.25, 0.3) is 0 Å². The average Bonchev–Trinajstić information content (AvgIpc) is 3.05. The van der Waals surface area contributed by atoms with Crippen LogP contribution >= 0.6 is 11.3 Å². The van der Waals surface area contributed by atoms with Crippen LogP contribution in [0.3, 0.4) is 0 Å². The van der Waals surface area contributed by atoms with Crippen molar-refractivity contribution in [1.82, 2.24) is 4.98 Å². The third-order valence-electron chi connectivity index (χ3n) is 4.51. The molecule has 132 valence electrons. The molecule has 1 aromatic carbocycles. The number of nitrogens with one attached hydrogen (secondary N) is 1. The van der Waals surface area contributed by atoms with Crippen molar-refractivity contribution in [2.45, 2.75) is 39.5 Å². The number of carbonyl (C=O) groups is 2. The summed E-state index contributed by atoms with van der Waals surface area (Å²) in [4.78, 5) is 30.5. The van der Waals surface area contributed by atoms with Crippen LogP contribution in [0, 0.1) is 5.92 Å². The van der Waals surface area contributed by atoms with E-state index in [2.05, 4.69) is 10.3 Å². The Labute approximate surface area is 152 Å². The van der Waals surface area contributed by atoms with Gasteiger partial charge in [0.2, 0.25) is 11.8 Å². The molecule has 2 heterocycles. The minimum Gasteiger partial charge on any atom is -0.314 e. The number of rotatable bonds is 4. The summed E-state index contributed by atoms with van der Waals surface area (Å²) in [5.41, 5.74) is 3.18. The highest BCUT2D eigenvalue weighted by Gasteiger charge is 2.42. The number of benzene rings is 1. The fourth-order valence-corrected chi connectivity index (χ4v) is 3.87. The molecule has 0 radical (unpaired) electrons. The lowest BCUT2D eigenvalue weighted by atomic mass is 9.85. The third kappa shape index (κ3) is 3.18. The van der Waals surface area contributed by atoms with Crippen LogP contribution in [0.25, 0.3) is 11.3 Å². The van der Waals surface area contributed by atoms with Gasteiger partial charge in [0.1, 0.15) is 0 Å². The van der Waals surface area contributed by atoms with Crippen molar-refractivity contribution in [3.8, 4) is 11.3 Å². The van der Waals surface area contributed by atoms with E-state index in [0.29, 0.717) is 17.5 Å². The SMILES string of the molecule is CC(C)CC(=O)Nc1nc(-c2ccc3c(c2)C(C)(C)C(=O)N3C)cs1. The maximum Gasteiger partial charge on any atom is 0.236 e. The topological polar surface area (TPSA) is 62.3 Å². The Morgan fingerprint density at radius 2 is 2.08 bits per heavy atom. The molecule has 0 spiro atoms. The Morgan fingerprint density at radius 1 is 1.36 bits per heavy atom. The first-order valence-electron chi connectivity index (χ1n) is 8.38. The van der Waals surface area contributed by atoms with Crippen LogP contribution in [0.5, 0.6) is 0 Å². The van der Waals surface area contributed by atoms with Crippen LogP contribution in [-0.2, 0) is 15.0 Å². The fraction of sp³-hybridized carbons (Fsp3) is 0.421. The zero-order valence-corrected chi connectivity index (χ0v) is 16.0. The molecule has 0 bridgehead atoms. The molecule has 0 saturated heterocycles. The van der Waals surface area contributed by atoms with Crippen molar-refractivity contribution in [2.75, 3.05) is 17.3 Å². The molecule has 1 aromatic heterocycles. The second-order valence-corrected chi connectivity index (χ2v) is 8.26. The number of fused-ring (bicyclic) bond motifs is 1. The van der Waals surface area contributed by atoms with Gasteiger partial charge in [-0.2, -0.15) is 0 Å². The number of anilines is 2. The number of thiazole rings is 1. The average molecular weight is 357 g/mol. The van der Waals surface area contributed by atoms with Gasteiger partial charge in [-0.15, -0.1) is 11.3 Å². The number of aromatic nitrogens is 1. The Hall–Kier alpha value is -2.21. The van der Waals surface area contributed by atoms with Crippen LogP contribution < -0.4 is 10.2 Å². The Balaban J connectivity index is 1.86. The summed E-state index contributed by atoms with van der Waals surface area (Å²) in [6, 6.07) is 5.97. The highest BCUT2D eigenvalue weighted by Crippen LogP contribution is 2.42. The lowest BCUT2D eigenvalue weighted by Crippen LogP contribution is -2.33. The van der Waals surface area contributed by atoms with Crippen LogP contribution in [0.2, 0.25) is 0 Å². The molecule has 2 amide bonds. The van der Waals surface area contributed by atoms with E-state index in [4.69, 9.17) is 0 Å². The summed E-state index contributed by atoms with van der Waals surface area (Å²) < 4.78 is 0. The first-order valence-corrected chi connectivity index (χ1v) is 9.26. The predicted molar refractivity (Wildman–Crippen MR) is 102 cm³/mol. The lowest BCUT2D eigenvalue weighted by molar-refractivity contribution is -0.121. The van der Waals surface area contributed by atoms with E-state index < -0.39 is 5.41 Å². The lowest BCUT2D eigenvalue weighted by Gasteiger charge is -2.16. The molecule has 1 N–H and O–H groups in total. The van der Waals surface area contributed by atoms with Gasteiger partial charge < -0.3 is 10.2 Å². The number of carbonyl (C=O) groups excluding carboxylic acids is 2. The molecular weight excluding hydrogens is 334 g/mol. The van der Waals surface area contributed by atoms with Crippen molar-refractivity contribution < 1.29 is 9.59 Å². The molecule has 5 nitrogen and oxygen atoms in total. The second kappa shape index (κ2) is 6.26. The molecule has 1 aliphatic rings. The monoisotopic (exact) mass is 357 g/mol. The molecule has 3 rings (SSSR count). The predicted octanol–water partition coefficient (Wildman–Crippen LogP) is 4.05. The van der Waals surface area contributed by atoms with Crippen molar-refractivity contribution >= 4 is 34.0 Å². The van der Waals surface area contributed by atoms with E-state index in [9.17, 15) is 9.59 Å². The Bertz CT molecular complexity index is 839. The molecule has 25 heavy (non-hydrogen) atoms. The van der Waals surface area contributed by atoms with Crippen molar-refractivity contribution in [1.29, 1.82) is 0 Å². The number of amides is 2. The molecule has 6 heteroatoms. The maximum absolute atomic E-state index is 12.4. The normalized spacial score (nSPS) is 15.6. The van der Waals surface area contributed by atoms with Gasteiger partial charge in [-0.3, -0.25) is 9.59 Å². The van der Waals surface area contributed by atoms with Crippen LogP contribution in [0.4, 0.5) is 10.8 Å². The van der Waals surface area contributed by atoms with Gasteiger partial charge >= 0.3 is 0 Å². The zero-order valence-electron chi connectivity index (χ0n) is 15.2. The molecular formula is C19H23N3O2S. The van der Waals surface area contributed by atoms with Gasteiger partial charge in [-0.25, -0.2) is 4.98 Å². The highest BCUT2D eigenvalue weighted by atomic mass is 32.1. The molecule has 2 aromatic rings. The molecule has 0 atom stereocenters. The first kappa shape index (κ1) is 17.6. The summed E-state index contributed by atoms with van der Waals surface area (Å²) in [6.45, 7) is 7.91. The third-order valence-corrected chi connectivity index (χ3v) is 5.27. The summed E-state index contributed by atoms with van der Waals surface area (Å²) >= 11 is 1.41. The summed E-state index contributed by atoms with van der Waals surface area (Å²) in [5.74, 6) is 0.394. The van der Waals surface area contributed by atoms with E-state index >= 15 is 0 Å². The molecule has 0 saturated carbocycles. The van der Waals surface area contributed by atoms with E-state index in [1.807, 2.05) is 51.3 Å².